The van der Waals surface area contributed by atoms with Gasteiger partial charge >= 0.3 is 0 Å². The maximum absolute atomic E-state index is 2.56. The molecule has 0 aliphatic carbocycles. The molecule has 3 rings (SSSR count). The average molecular weight is 346 g/mol. The van der Waals surface area contributed by atoms with Gasteiger partial charge in [0.15, 0.2) is 0 Å². The summed E-state index contributed by atoms with van der Waals surface area (Å²) < 4.78 is 0. The average Bonchev–Trinajstić information content (AvgIpc) is 2.62. The predicted molar refractivity (Wildman–Crippen MR) is 113 cm³/mol. The zero-order valence-electron chi connectivity index (χ0n) is 16.6. The molecule has 0 aliphatic rings. The number of hydrogen-bond donors (Lipinski definition) is 0. The van der Waals surface area contributed by atoms with Gasteiger partial charge in [-0.25, -0.2) is 0 Å². The standard InChI is InChI=1S/C25H31N/c1-5-17-26(18-20-13-15-23(16-14-20)25(2,3)4)19-22-11-8-10-21-9-6-7-12-24(21)22/h6-16H,5,17-19H2,1-4H3. The molecule has 0 spiro atoms. The summed E-state index contributed by atoms with van der Waals surface area (Å²) >= 11 is 0. The van der Waals surface area contributed by atoms with Gasteiger partial charge in [-0.3, -0.25) is 4.90 Å². The van der Waals surface area contributed by atoms with Crippen molar-refractivity contribution in [1.29, 1.82) is 0 Å². The van der Waals surface area contributed by atoms with E-state index in [-0.39, 0.29) is 5.41 Å². The van der Waals surface area contributed by atoms with Crippen LogP contribution in [0.2, 0.25) is 0 Å². The molecule has 0 atom stereocenters. The molecule has 3 aromatic carbocycles. The molecule has 0 unspecified atom stereocenters. The van der Waals surface area contributed by atoms with Gasteiger partial charge in [-0.1, -0.05) is 94.4 Å². The van der Waals surface area contributed by atoms with Gasteiger partial charge in [0.25, 0.3) is 0 Å². The van der Waals surface area contributed by atoms with Gasteiger partial charge in [0.05, 0.1) is 0 Å². The number of nitrogens with zero attached hydrogens (tertiary/aromatic N) is 1. The third kappa shape index (κ3) is 4.53. The van der Waals surface area contributed by atoms with E-state index < -0.39 is 0 Å². The van der Waals surface area contributed by atoms with Gasteiger partial charge in [-0.05, 0) is 45.8 Å². The molecule has 1 heteroatoms. The van der Waals surface area contributed by atoms with Crippen molar-refractivity contribution in [2.24, 2.45) is 0 Å². The Morgan fingerprint density at radius 3 is 2.15 bits per heavy atom. The zero-order chi connectivity index (χ0) is 18.6. The van der Waals surface area contributed by atoms with Crippen LogP contribution in [-0.2, 0) is 18.5 Å². The summed E-state index contributed by atoms with van der Waals surface area (Å²) in [6.45, 7) is 12.2. The van der Waals surface area contributed by atoms with Gasteiger partial charge in [0, 0.05) is 13.1 Å². The Morgan fingerprint density at radius 2 is 1.46 bits per heavy atom. The molecule has 0 saturated heterocycles. The summed E-state index contributed by atoms with van der Waals surface area (Å²) in [6.07, 6.45) is 1.17. The van der Waals surface area contributed by atoms with Crippen molar-refractivity contribution < 1.29 is 0 Å². The van der Waals surface area contributed by atoms with Crippen LogP contribution in [0.25, 0.3) is 10.8 Å². The smallest absolute Gasteiger partial charge is 0.0243 e. The predicted octanol–water partition coefficient (Wildman–Crippen LogP) is 6.55. The van der Waals surface area contributed by atoms with Crippen LogP contribution in [0.15, 0.2) is 66.7 Å². The topological polar surface area (TPSA) is 3.24 Å². The van der Waals surface area contributed by atoms with E-state index in [1.807, 2.05) is 0 Å². The summed E-state index contributed by atoms with van der Waals surface area (Å²) in [5, 5.41) is 2.70. The summed E-state index contributed by atoms with van der Waals surface area (Å²) in [7, 11) is 0. The highest BCUT2D eigenvalue weighted by atomic mass is 15.1. The maximum atomic E-state index is 2.56. The van der Waals surface area contributed by atoms with Crippen molar-refractivity contribution >= 4 is 10.8 Å². The Hall–Kier alpha value is -2.12. The third-order valence-electron chi connectivity index (χ3n) is 5.04. The number of rotatable bonds is 6. The Bertz CT molecular complexity index is 835. The fourth-order valence-corrected chi connectivity index (χ4v) is 3.57. The molecule has 1 nitrogen and oxygen atoms in total. The molecule has 0 aromatic heterocycles. The molecule has 0 radical (unpaired) electrons. The van der Waals surface area contributed by atoms with Crippen molar-refractivity contribution in [3.63, 3.8) is 0 Å². The Morgan fingerprint density at radius 1 is 0.769 bits per heavy atom. The number of hydrogen-bond acceptors (Lipinski definition) is 1. The molecular weight excluding hydrogens is 314 g/mol. The molecular formula is C25H31N. The van der Waals surface area contributed by atoms with Crippen LogP contribution in [0, 0.1) is 0 Å². The lowest BCUT2D eigenvalue weighted by Gasteiger charge is -2.24. The lowest BCUT2D eigenvalue weighted by molar-refractivity contribution is 0.258. The minimum Gasteiger partial charge on any atom is -0.295 e. The van der Waals surface area contributed by atoms with Gasteiger partial charge < -0.3 is 0 Å². The minimum atomic E-state index is 0.213. The third-order valence-corrected chi connectivity index (χ3v) is 5.04. The highest BCUT2D eigenvalue weighted by Crippen LogP contribution is 2.24. The maximum Gasteiger partial charge on any atom is 0.0243 e. The van der Waals surface area contributed by atoms with Crippen LogP contribution in [-0.4, -0.2) is 11.4 Å². The van der Waals surface area contributed by atoms with Crippen molar-refractivity contribution in [1.82, 2.24) is 4.90 Å². The molecule has 0 aliphatic heterocycles. The summed E-state index contributed by atoms with van der Waals surface area (Å²) in [6, 6.07) is 24.5. The minimum absolute atomic E-state index is 0.213. The van der Waals surface area contributed by atoms with E-state index in [2.05, 4.69) is 99.3 Å². The first-order valence-electron chi connectivity index (χ1n) is 9.76. The molecule has 3 aromatic rings. The van der Waals surface area contributed by atoms with Crippen LogP contribution in [0.4, 0.5) is 0 Å². The first kappa shape index (κ1) is 18.7. The molecule has 0 heterocycles. The Balaban J connectivity index is 1.79. The van der Waals surface area contributed by atoms with E-state index in [4.69, 9.17) is 0 Å². The van der Waals surface area contributed by atoms with Gasteiger partial charge in [-0.15, -0.1) is 0 Å². The second-order valence-corrected chi connectivity index (χ2v) is 8.30. The van der Waals surface area contributed by atoms with E-state index in [1.54, 1.807) is 0 Å². The van der Waals surface area contributed by atoms with Crippen molar-refractivity contribution in [2.75, 3.05) is 6.54 Å². The molecule has 0 N–H and O–H groups in total. The molecule has 136 valence electrons. The number of benzene rings is 3. The van der Waals surface area contributed by atoms with Crippen LogP contribution in [0.3, 0.4) is 0 Å². The van der Waals surface area contributed by atoms with Gasteiger partial charge in [0.2, 0.25) is 0 Å². The summed E-state index contributed by atoms with van der Waals surface area (Å²) in [5.74, 6) is 0. The van der Waals surface area contributed by atoms with Crippen LogP contribution < -0.4 is 0 Å². The molecule has 0 saturated carbocycles. The highest BCUT2D eigenvalue weighted by molar-refractivity contribution is 5.85. The Labute approximate surface area is 158 Å². The molecule has 0 fully saturated rings. The number of fused-ring (bicyclic) bond motifs is 1. The zero-order valence-corrected chi connectivity index (χ0v) is 16.6. The largest absolute Gasteiger partial charge is 0.295 e. The van der Waals surface area contributed by atoms with Crippen LogP contribution in [0.1, 0.15) is 50.8 Å². The van der Waals surface area contributed by atoms with Crippen LogP contribution >= 0.6 is 0 Å². The molecule has 0 amide bonds. The van der Waals surface area contributed by atoms with E-state index in [0.29, 0.717) is 0 Å². The van der Waals surface area contributed by atoms with Crippen LogP contribution in [0.5, 0.6) is 0 Å². The van der Waals surface area contributed by atoms with Crippen molar-refractivity contribution in [3.8, 4) is 0 Å². The fraction of sp³-hybridized carbons (Fsp3) is 0.360. The van der Waals surface area contributed by atoms with Gasteiger partial charge in [0.1, 0.15) is 0 Å². The van der Waals surface area contributed by atoms with E-state index in [0.717, 1.165) is 19.6 Å². The molecule has 26 heavy (non-hydrogen) atoms. The van der Waals surface area contributed by atoms with E-state index in [9.17, 15) is 0 Å². The first-order chi connectivity index (χ1) is 12.5. The lowest BCUT2D eigenvalue weighted by atomic mass is 9.87. The van der Waals surface area contributed by atoms with E-state index in [1.165, 1.54) is 33.9 Å². The Kier molecular flexibility index (Phi) is 5.78. The monoisotopic (exact) mass is 345 g/mol. The summed E-state index contributed by atoms with van der Waals surface area (Å²) in [5.41, 5.74) is 4.43. The van der Waals surface area contributed by atoms with E-state index >= 15 is 0 Å². The van der Waals surface area contributed by atoms with Crippen molar-refractivity contribution in [2.45, 2.75) is 52.6 Å². The van der Waals surface area contributed by atoms with Gasteiger partial charge in [-0.2, -0.15) is 0 Å². The quantitative estimate of drug-likeness (QED) is 0.489. The summed E-state index contributed by atoms with van der Waals surface area (Å²) in [4.78, 5) is 2.56. The molecule has 0 bridgehead atoms. The lowest BCUT2D eigenvalue weighted by Crippen LogP contribution is -2.24. The highest BCUT2D eigenvalue weighted by Gasteiger charge is 2.14. The fourth-order valence-electron chi connectivity index (χ4n) is 3.57. The normalized spacial score (nSPS) is 12.0. The first-order valence-corrected chi connectivity index (χ1v) is 9.76. The van der Waals surface area contributed by atoms with Crippen molar-refractivity contribution in [3.05, 3.63) is 83.4 Å². The second kappa shape index (κ2) is 8.05. The second-order valence-electron chi connectivity index (χ2n) is 8.30. The SMILES string of the molecule is CCCN(Cc1ccc(C(C)(C)C)cc1)Cc1cccc2ccccc12.